The van der Waals surface area contributed by atoms with E-state index in [0.717, 1.165) is 0 Å². The lowest BCUT2D eigenvalue weighted by Gasteiger charge is -2.04. The molecule has 0 unspecified atom stereocenters. The zero-order valence-corrected chi connectivity index (χ0v) is 8.77. The van der Waals surface area contributed by atoms with Gasteiger partial charge in [0.05, 0.1) is 0 Å². The Morgan fingerprint density at radius 2 is 2.12 bits per heavy atom. The summed E-state index contributed by atoms with van der Waals surface area (Å²) < 4.78 is 0. The van der Waals surface area contributed by atoms with E-state index in [1.165, 1.54) is 0 Å². The first-order valence-electron chi connectivity index (χ1n) is 4.95. The van der Waals surface area contributed by atoms with E-state index in [1.54, 1.807) is 24.3 Å². The molecule has 0 aromatic heterocycles. The Morgan fingerprint density at radius 3 is 2.75 bits per heavy atom. The Hall–Kier alpha value is -2.04. The molecule has 0 spiro atoms. The van der Waals surface area contributed by atoms with Crippen LogP contribution in [0.15, 0.2) is 24.3 Å². The van der Waals surface area contributed by atoms with Crippen molar-refractivity contribution in [3.63, 3.8) is 0 Å². The van der Waals surface area contributed by atoms with Crippen molar-refractivity contribution >= 4 is 17.6 Å². The van der Waals surface area contributed by atoms with Crippen LogP contribution >= 0.6 is 0 Å². The molecule has 0 aliphatic rings. The molecule has 5 nitrogen and oxygen atoms in total. The van der Waals surface area contributed by atoms with Gasteiger partial charge in [0.15, 0.2) is 0 Å². The molecule has 0 aliphatic carbocycles. The van der Waals surface area contributed by atoms with Crippen LogP contribution in [-0.4, -0.2) is 23.5 Å². The highest BCUT2D eigenvalue weighted by Crippen LogP contribution is 2.06. The van der Waals surface area contributed by atoms with Gasteiger partial charge in [0, 0.05) is 24.2 Å². The number of benzene rings is 1. The number of nitrogen functional groups attached to an aromatic ring is 1. The number of hydrogen-bond acceptors (Lipinski definition) is 3. The fourth-order valence-electron chi connectivity index (χ4n) is 1.22. The standard InChI is InChI=1S/C11H14N2O3/c12-9-4-1-3-8(7-9)11(16)13-6-2-5-10(14)15/h1,3-4,7H,2,5-6,12H2,(H,13,16)(H,14,15). The molecule has 0 heterocycles. The van der Waals surface area contributed by atoms with Gasteiger partial charge in [-0.1, -0.05) is 6.07 Å². The number of hydrogen-bond donors (Lipinski definition) is 3. The second-order valence-electron chi connectivity index (χ2n) is 3.38. The molecule has 0 aliphatic heterocycles. The summed E-state index contributed by atoms with van der Waals surface area (Å²) in [5.74, 6) is -1.10. The summed E-state index contributed by atoms with van der Waals surface area (Å²) in [6.07, 6.45) is 0.473. The number of aliphatic carboxylic acids is 1. The Balaban J connectivity index is 2.38. The maximum Gasteiger partial charge on any atom is 0.303 e. The Kier molecular flexibility index (Phi) is 4.32. The van der Waals surface area contributed by atoms with Crippen molar-refractivity contribution in [1.29, 1.82) is 0 Å². The molecule has 0 radical (unpaired) electrons. The molecular weight excluding hydrogens is 208 g/mol. The summed E-state index contributed by atoms with van der Waals surface area (Å²) in [5, 5.41) is 11.0. The Morgan fingerprint density at radius 1 is 1.38 bits per heavy atom. The first-order chi connectivity index (χ1) is 7.59. The van der Waals surface area contributed by atoms with E-state index in [2.05, 4.69) is 5.32 Å². The Bertz CT molecular complexity index is 391. The van der Waals surface area contributed by atoms with Crippen molar-refractivity contribution in [3.05, 3.63) is 29.8 Å². The van der Waals surface area contributed by atoms with E-state index in [-0.39, 0.29) is 12.3 Å². The van der Waals surface area contributed by atoms with Crippen molar-refractivity contribution in [3.8, 4) is 0 Å². The molecule has 0 saturated heterocycles. The first kappa shape index (κ1) is 12.0. The molecule has 0 bridgehead atoms. The van der Waals surface area contributed by atoms with Gasteiger partial charge in [-0.25, -0.2) is 0 Å². The second-order valence-corrected chi connectivity index (χ2v) is 3.38. The second kappa shape index (κ2) is 5.75. The lowest BCUT2D eigenvalue weighted by molar-refractivity contribution is -0.137. The minimum absolute atomic E-state index is 0.0528. The van der Waals surface area contributed by atoms with Gasteiger partial charge in [-0.3, -0.25) is 9.59 Å². The van der Waals surface area contributed by atoms with E-state index in [1.807, 2.05) is 0 Å². The van der Waals surface area contributed by atoms with Gasteiger partial charge in [-0.05, 0) is 24.6 Å². The van der Waals surface area contributed by atoms with E-state index in [4.69, 9.17) is 10.8 Å². The predicted octanol–water partition coefficient (Wildman–Crippen LogP) is 0.863. The van der Waals surface area contributed by atoms with E-state index in [0.29, 0.717) is 24.2 Å². The highest BCUT2D eigenvalue weighted by atomic mass is 16.4. The average Bonchev–Trinajstić information content (AvgIpc) is 2.24. The highest BCUT2D eigenvalue weighted by Gasteiger charge is 2.04. The van der Waals surface area contributed by atoms with Crippen molar-refractivity contribution in [2.24, 2.45) is 0 Å². The smallest absolute Gasteiger partial charge is 0.303 e. The maximum atomic E-state index is 11.5. The van der Waals surface area contributed by atoms with Gasteiger partial charge >= 0.3 is 5.97 Å². The number of carbonyl (C=O) groups excluding carboxylic acids is 1. The average molecular weight is 222 g/mol. The molecule has 16 heavy (non-hydrogen) atoms. The fourth-order valence-corrected chi connectivity index (χ4v) is 1.22. The third-order valence-corrected chi connectivity index (χ3v) is 2.00. The monoisotopic (exact) mass is 222 g/mol. The van der Waals surface area contributed by atoms with Crippen LogP contribution in [0.3, 0.4) is 0 Å². The number of nitrogens with two attached hydrogens (primary N) is 1. The molecule has 0 atom stereocenters. The van der Waals surface area contributed by atoms with Gasteiger partial charge in [0.1, 0.15) is 0 Å². The zero-order chi connectivity index (χ0) is 12.0. The molecule has 1 amide bonds. The minimum Gasteiger partial charge on any atom is -0.481 e. The van der Waals surface area contributed by atoms with Crippen LogP contribution in [0.5, 0.6) is 0 Å². The number of carbonyl (C=O) groups is 2. The normalized spacial score (nSPS) is 9.75. The van der Waals surface area contributed by atoms with Crippen LogP contribution in [-0.2, 0) is 4.79 Å². The first-order valence-corrected chi connectivity index (χ1v) is 4.95. The number of amides is 1. The fraction of sp³-hybridized carbons (Fsp3) is 0.273. The highest BCUT2D eigenvalue weighted by molar-refractivity contribution is 5.94. The molecule has 0 fully saturated rings. The van der Waals surface area contributed by atoms with E-state index >= 15 is 0 Å². The molecular formula is C11H14N2O3. The topological polar surface area (TPSA) is 92.4 Å². The largest absolute Gasteiger partial charge is 0.481 e. The Labute approximate surface area is 93.3 Å². The summed E-state index contributed by atoms with van der Waals surface area (Å²) in [4.78, 5) is 21.8. The van der Waals surface area contributed by atoms with Crippen LogP contribution in [0.1, 0.15) is 23.2 Å². The van der Waals surface area contributed by atoms with Gasteiger partial charge in [0.25, 0.3) is 5.91 Å². The maximum absolute atomic E-state index is 11.5. The van der Waals surface area contributed by atoms with Crippen LogP contribution < -0.4 is 11.1 Å². The molecule has 0 saturated carbocycles. The van der Waals surface area contributed by atoms with Crippen LogP contribution in [0.25, 0.3) is 0 Å². The molecule has 5 heteroatoms. The molecule has 1 aromatic carbocycles. The number of nitrogens with one attached hydrogen (secondary N) is 1. The molecule has 4 N–H and O–H groups in total. The van der Waals surface area contributed by atoms with Gasteiger partial charge in [0.2, 0.25) is 0 Å². The molecule has 1 rings (SSSR count). The predicted molar refractivity (Wildman–Crippen MR) is 60.1 cm³/mol. The van der Waals surface area contributed by atoms with Crippen molar-refractivity contribution in [2.45, 2.75) is 12.8 Å². The minimum atomic E-state index is -0.863. The van der Waals surface area contributed by atoms with Crippen LogP contribution in [0.4, 0.5) is 5.69 Å². The lowest BCUT2D eigenvalue weighted by atomic mass is 10.2. The number of rotatable bonds is 5. The van der Waals surface area contributed by atoms with Crippen LogP contribution in [0, 0.1) is 0 Å². The SMILES string of the molecule is Nc1cccc(C(=O)NCCCC(=O)O)c1. The van der Waals surface area contributed by atoms with Crippen molar-refractivity contribution in [1.82, 2.24) is 5.32 Å². The number of anilines is 1. The molecule has 1 aromatic rings. The number of carboxylic acid groups (broad SMARTS) is 1. The summed E-state index contributed by atoms with van der Waals surface area (Å²) >= 11 is 0. The summed E-state index contributed by atoms with van der Waals surface area (Å²) in [5.41, 5.74) is 6.54. The third-order valence-electron chi connectivity index (χ3n) is 2.00. The summed E-state index contributed by atoms with van der Waals surface area (Å²) in [6, 6.07) is 6.62. The van der Waals surface area contributed by atoms with E-state index < -0.39 is 5.97 Å². The van der Waals surface area contributed by atoms with Crippen LogP contribution in [0.2, 0.25) is 0 Å². The van der Waals surface area contributed by atoms with Gasteiger partial charge < -0.3 is 16.2 Å². The summed E-state index contributed by atoms with van der Waals surface area (Å²) in [6.45, 7) is 0.347. The lowest BCUT2D eigenvalue weighted by Crippen LogP contribution is -2.24. The van der Waals surface area contributed by atoms with Gasteiger partial charge in [-0.15, -0.1) is 0 Å². The number of carboxylic acids is 1. The quantitative estimate of drug-likeness (QED) is 0.509. The van der Waals surface area contributed by atoms with Gasteiger partial charge in [-0.2, -0.15) is 0 Å². The van der Waals surface area contributed by atoms with E-state index in [9.17, 15) is 9.59 Å². The summed E-state index contributed by atoms with van der Waals surface area (Å²) in [7, 11) is 0. The molecule has 86 valence electrons. The third kappa shape index (κ3) is 4.00. The van der Waals surface area contributed by atoms with Crippen molar-refractivity contribution in [2.75, 3.05) is 12.3 Å². The zero-order valence-electron chi connectivity index (χ0n) is 8.77. The van der Waals surface area contributed by atoms with Crippen molar-refractivity contribution < 1.29 is 14.7 Å².